The van der Waals surface area contributed by atoms with Crippen molar-refractivity contribution >= 4 is 39.1 Å². The second-order valence-corrected chi connectivity index (χ2v) is 11.4. The average Bonchev–Trinajstić information content (AvgIpc) is 2.90. The zero-order valence-electron chi connectivity index (χ0n) is 22.1. The largest absolute Gasteiger partial charge is 0.495 e. The fourth-order valence-corrected chi connectivity index (χ4v) is 5.51. The van der Waals surface area contributed by atoms with Crippen LogP contribution < -0.4 is 14.4 Å². The van der Waals surface area contributed by atoms with E-state index in [9.17, 15) is 22.4 Å². The van der Waals surface area contributed by atoms with Gasteiger partial charge >= 0.3 is 0 Å². The van der Waals surface area contributed by atoms with Crippen LogP contribution in [0.25, 0.3) is 0 Å². The highest BCUT2D eigenvalue weighted by atomic mass is 35.5. The molecule has 11 heteroatoms. The van der Waals surface area contributed by atoms with Crippen molar-refractivity contribution in [2.24, 2.45) is 0 Å². The number of ether oxygens (including phenoxy) is 1. The molecule has 39 heavy (non-hydrogen) atoms. The van der Waals surface area contributed by atoms with Gasteiger partial charge in [-0.15, -0.1) is 0 Å². The van der Waals surface area contributed by atoms with Gasteiger partial charge in [0.1, 0.15) is 24.2 Å². The maximum Gasteiger partial charge on any atom is 0.264 e. The molecule has 0 saturated carbocycles. The molecule has 0 aliphatic heterocycles. The summed E-state index contributed by atoms with van der Waals surface area (Å²) >= 11 is 6.30. The molecule has 1 unspecified atom stereocenters. The Balaban J connectivity index is 2.05. The Morgan fingerprint density at radius 3 is 2.21 bits per heavy atom. The van der Waals surface area contributed by atoms with Crippen molar-refractivity contribution in [2.75, 3.05) is 18.0 Å². The lowest BCUT2D eigenvalue weighted by atomic mass is 10.1. The van der Waals surface area contributed by atoms with E-state index < -0.39 is 40.2 Å². The third-order valence-corrected chi connectivity index (χ3v) is 7.98. The summed E-state index contributed by atoms with van der Waals surface area (Å²) in [6, 6.07) is 16.4. The van der Waals surface area contributed by atoms with E-state index in [1.807, 2.05) is 0 Å². The first-order valence-corrected chi connectivity index (χ1v) is 14.0. The van der Waals surface area contributed by atoms with Crippen molar-refractivity contribution in [1.82, 2.24) is 10.2 Å². The predicted octanol–water partition coefficient (Wildman–Crippen LogP) is 4.62. The molecule has 0 aromatic heterocycles. The summed E-state index contributed by atoms with van der Waals surface area (Å²) in [4.78, 5) is 28.0. The van der Waals surface area contributed by atoms with Crippen LogP contribution in [0.3, 0.4) is 0 Å². The Kier molecular flexibility index (Phi) is 9.93. The average molecular weight is 576 g/mol. The van der Waals surface area contributed by atoms with E-state index in [1.165, 1.54) is 66.6 Å². The van der Waals surface area contributed by atoms with Crippen LogP contribution in [-0.2, 0) is 26.2 Å². The van der Waals surface area contributed by atoms with Crippen molar-refractivity contribution in [1.29, 1.82) is 0 Å². The van der Waals surface area contributed by atoms with E-state index in [4.69, 9.17) is 16.3 Å². The number of methoxy groups -OCH3 is 1. The Morgan fingerprint density at radius 1 is 1.00 bits per heavy atom. The fraction of sp³-hybridized carbons (Fsp3) is 0.286. The van der Waals surface area contributed by atoms with Crippen LogP contribution in [0.15, 0.2) is 77.7 Å². The molecule has 1 N–H and O–H groups in total. The number of halogens is 2. The van der Waals surface area contributed by atoms with Gasteiger partial charge in [-0.2, -0.15) is 0 Å². The van der Waals surface area contributed by atoms with Gasteiger partial charge in [0.2, 0.25) is 11.8 Å². The summed E-state index contributed by atoms with van der Waals surface area (Å²) in [5, 5.41) is 2.93. The Labute approximate surface area is 233 Å². The number of hydrogen-bond donors (Lipinski definition) is 1. The quantitative estimate of drug-likeness (QED) is 0.360. The molecule has 2 amide bonds. The number of carbonyl (C=O) groups excluding carboxylic acids is 2. The lowest BCUT2D eigenvalue weighted by molar-refractivity contribution is -0.139. The Morgan fingerprint density at radius 2 is 1.64 bits per heavy atom. The van der Waals surface area contributed by atoms with E-state index >= 15 is 0 Å². The van der Waals surface area contributed by atoms with Crippen molar-refractivity contribution in [3.05, 3.63) is 89.2 Å². The van der Waals surface area contributed by atoms with Crippen molar-refractivity contribution in [3.8, 4) is 5.75 Å². The van der Waals surface area contributed by atoms with Gasteiger partial charge in [-0.25, -0.2) is 12.8 Å². The topological polar surface area (TPSA) is 96.0 Å². The van der Waals surface area contributed by atoms with Crippen LogP contribution >= 0.6 is 11.6 Å². The third kappa shape index (κ3) is 7.48. The number of anilines is 1. The second-order valence-electron chi connectivity index (χ2n) is 9.13. The zero-order valence-corrected chi connectivity index (χ0v) is 23.7. The van der Waals surface area contributed by atoms with Crippen molar-refractivity contribution in [3.63, 3.8) is 0 Å². The number of amides is 2. The monoisotopic (exact) mass is 575 g/mol. The maximum atomic E-state index is 13.8. The highest BCUT2D eigenvalue weighted by Crippen LogP contribution is 2.32. The van der Waals surface area contributed by atoms with Crippen LogP contribution in [0.5, 0.6) is 5.75 Å². The zero-order chi connectivity index (χ0) is 28.7. The highest BCUT2D eigenvalue weighted by Gasteiger charge is 2.33. The molecule has 208 valence electrons. The Hall–Kier alpha value is -3.63. The molecule has 0 radical (unpaired) electrons. The summed E-state index contributed by atoms with van der Waals surface area (Å²) in [6.45, 7) is 4.46. The van der Waals surface area contributed by atoms with Gasteiger partial charge in [0, 0.05) is 12.6 Å². The fourth-order valence-electron chi connectivity index (χ4n) is 3.83. The molecule has 3 rings (SSSR count). The van der Waals surface area contributed by atoms with Crippen molar-refractivity contribution in [2.45, 2.75) is 44.3 Å². The number of sulfonamides is 1. The maximum absolute atomic E-state index is 13.8. The van der Waals surface area contributed by atoms with Crippen molar-refractivity contribution < 1.29 is 27.1 Å². The van der Waals surface area contributed by atoms with Gasteiger partial charge in [-0.1, -0.05) is 41.9 Å². The molecule has 1 atom stereocenters. The molecule has 0 aliphatic carbocycles. The SMILES string of the molecule is COc1ccc(N(CC(=O)N(Cc2ccc(F)cc2)C(C)C(=O)NC(C)C)S(=O)(=O)c2ccccc2)cc1Cl. The predicted molar refractivity (Wildman–Crippen MR) is 149 cm³/mol. The minimum atomic E-state index is -4.23. The molecule has 0 heterocycles. The lowest BCUT2D eigenvalue weighted by Crippen LogP contribution is -2.52. The number of nitrogens with zero attached hydrogens (tertiary/aromatic N) is 2. The molecule has 0 bridgehead atoms. The smallest absolute Gasteiger partial charge is 0.264 e. The first kappa shape index (κ1) is 29.9. The normalized spacial score (nSPS) is 12.1. The van der Waals surface area contributed by atoms with Gasteiger partial charge in [0.25, 0.3) is 10.0 Å². The van der Waals surface area contributed by atoms with Crippen LogP contribution in [-0.4, -0.2) is 50.9 Å². The summed E-state index contributed by atoms with van der Waals surface area (Å²) in [7, 11) is -2.80. The summed E-state index contributed by atoms with van der Waals surface area (Å²) in [5.74, 6) is -1.16. The van der Waals surface area contributed by atoms with Gasteiger partial charge in [0.15, 0.2) is 0 Å². The number of hydrogen-bond acceptors (Lipinski definition) is 5. The first-order valence-electron chi connectivity index (χ1n) is 12.2. The molecular formula is C28H31ClFN3O5S. The molecule has 3 aromatic rings. The van der Waals surface area contributed by atoms with E-state index in [0.717, 1.165) is 4.31 Å². The van der Waals surface area contributed by atoms with Gasteiger partial charge in [0.05, 0.1) is 22.7 Å². The standard InChI is InChI=1S/C28H31ClFN3O5S/c1-19(2)31-28(35)20(3)32(17-21-10-12-22(30)13-11-21)27(34)18-33(23-14-15-26(38-4)25(29)16-23)39(36,37)24-8-6-5-7-9-24/h5-16,19-20H,17-18H2,1-4H3,(H,31,35). The minimum absolute atomic E-state index is 0.0274. The number of nitrogens with one attached hydrogen (secondary N) is 1. The highest BCUT2D eigenvalue weighted by molar-refractivity contribution is 7.92. The van der Waals surface area contributed by atoms with E-state index in [0.29, 0.717) is 11.3 Å². The summed E-state index contributed by atoms with van der Waals surface area (Å²) in [5.41, 5.74) is 0.706. The van der Waals surface area contributed by atoms with Crippen LogP contribution in [0.4, 0.5) is 10.1 Å². The van der Waals surface area contributed by atoms with Crippen LogP contribution in [0.2, 0.25) is 5.02 Å². The van der Waals surface area contributed by atoms with Crippen LogP contribution in [0, 0.1) is 5.82 Å². The second kappa shape index (κ2) is 12.9. The Bertz CT molecular complexity index is 1400. The first-order chi connectivity index (χ1) is 18.4. The number of rotatable bonds is 11. The van der Waals surface area contributed by atoms with Gasteiger partial charge < -0.3 is 15.0 Å². The minimum Gasteiger partial charge on any atom is -0.495 e. The number of carbonyl (C=O) groups is 2. The summed E-state index contributed by atoms with van der Waals surface area (Å²) < 4.78 is 47.2. The van der Waals surface area contributed by atoms with Crippen LogP contribution in [0.1, 0.15) is 26.3 Å². The molecular weight excluding hydrogens is 545 g/mol. The molecule has 0 aliphatic rings. The van der Waals surface area contributed by atoms with Gasteiger partial charge in [-0.05, 0) is 68.8 Å². The van der Waals surface area contributed by atoms with E-state index in [-0.39, 0.29) is 28.2 Å². The van der Waals surface area contributed by atoms with E-state index in [1.54, 1.807) is 39.0 Å². The van der Waals surface area contributed by atoms with E-state index in [2.05, 4.69) is 5.32 Å². The molecule has 0 spiro atoms. The summed E-state index contributed by atoms with van der Waals surface area (Å²) in [6.07, 6.45) is 0. The lowest BCUT2D eigenvalue weighted by Gasteiger charge is -2.32. The third-order valence-electron chi connectivity index (χ3n) is 5.90. The molecule has 8 nitrogen and oxygen atoms in total. The number of benzene rings is 3. The molecule has 3 aromatic carbocycles. The molecule has 0 fully saturated rings. The molecule has 0 saturated heterocycles. The van der Waals surface area contributed by atoms with Gasteiger partial charge in [-0.3, -0.25) is 13.9 Å².